The summed E-state index contributed by atoms with van der Waals surface area (Å²) in [6.45, 7) is 7.65. The fourth-order valence-electron chi connectivity index (χ4n) is 1.63. The minimum Gasteiger partial charge on any atom is -0.356 e. The number of Topliss-reactive ketones (excluding diaryl/α,β-unsaturated/α-hetero) is 1. The number of hydrogen-bond donors (Lipinski definition) is 0. The summed E-state index contributed by atoms with van der Waals surface area (Å²) < 4.78 is 0. The smallest absolute Gasteiger partial charge is 0.136 e. The Balaban J connectivity index is 0.000000606. The zero-order chi connectivity index (χ0) is 12.0. The molecule has 1 aromatic rings. The molecular formula is C13H20N2O. The van der Waals surface area contributed by atoms with Gasteiger partial charge in [0.15, 0.2) is 0 Å². The van der Waals surface area contributed by atoms with Gasteiger partial charge in [-0.1, -0.05) is 19.9 Å². The topological polar surface area (TPSA) is 33.2 Å². The summed E-state index contributed by atoms with van der Waals surface area (Å²) in [5.74, 6) is 1.36. The average Bonchev–Trinajstić information content (AvgIpc) is 2.34. The summed E-state index contributed by atoms with van der Waals surface area (Å²) in [5, 5.41) is 0. The molecule has 0 bridgehead atoms. The maximum absolute atomic E-state index is 11.0. The quantitative estimate of drug-likeness (QED) is 0.729. The molecule has 0 amide bonds. The van der Waals surface area contributed by atoms with Crippen molar-refractivity contribution in [2.75, 3.05) is 18.0 Å². The van der Waals surface area contributed by atoms with Crippen LogP contribution < -0.4 is 4.90 Å². The van der Waals surface area contributed by atoms with Gasteiger partial charge in [-0.25, -0.2) is 4.98 Å². The molecule has 0 saturated carbocycles. The Hall–Kier alpha value is -1.38. The lowest BCUT2D eigenvalue weighted by Crippen LogP contribution is -2.34. The van der Waals surface area contributed by atoms with E-state index in [0.717, 1.165) is 18.9 Å². The molecule has 1 aliphatic rings. The fourth-order valence-corrected chi connectivity index (χ4v) is 1.63. The molecule has 0 spiro atoms. The molecule has 2 heterocycles. The Labute approximate surface area is 97.5 Å². The number of anilines is 1. The minimum absolute atomic E-state index is 0.369. The van der Waals surface area contributed by atoms with Gasteiger partial charge in [0.25, 0.3) is 0 Å². The summed E-state index contributed by atoms with van der Waals surface area (Å²) in [4.78, 5) is 17.6. The molecule has 0 unspecified atom stereocenters. The van der Waals surface area contributed by atoms with Crippen LogP contribution in [0.15, 0.2) is 18.3 Å². The highest BCUT2D eigenvalue weighted by atomic mass is 16.1. The monoisotopic (exact) mass is 220 g/mol. The number of rotatable bonds is 1. The number of pyridine rings is 1. The molecule has 1 saturated heterocycles. The van der Waals surface area contributed by atoms with E-state index in [1.54, 1.807) is 0 Å². The van der Waals surface area contributed by atoms with Gasteiger partial charge in [-0.2, -0.15) is 0 Å². The van der Waals surface area contributed by atoms with E-state index in [-0.39, 0.29) is 0 Å². The van der Waals surface area contributed by atoms with Crippen molar-refractivity contribution in [2.24, 2.45) is 0 Å². The van der Waals surface area contributed by atoms with Crippen LogP contribution in [0.4, 0.5) is 5.82 Å². The van der Waals surface area contributed by atoms with Crippen LogP contribution in [0, 0.1) is 6.92 Å². The van der Waals surface area contributed by atoms with Crippen LogP contribution in [-0.2, 0) is 4.79 Å². The first-order valence-corrected chi connectivity index (χ1v) is 5.95. The van der Waals surface area contributed by atoms with Crippen molar-refractivity contribution in [2.45, 2.75) is 33.6 Å². The second-order valence-corrected chi connectivity index (χ2v) is 3.72. The molecule has 2 rings (SSSR count). The Bertz CT molecular complexity index is 322. The standard InChI is InChI=1S/C11H14N2O.C2H6/c1-9-2-3-11(12-8-9)13-6-4-10(14)5-7-13;1-2/h2-3,8H,4-7H2,1H3;1-2H3. The third-order valence-corrected chi connectivity index (χ3v) is 2.54. The van der Waals surface area contributed by atoms with Gasteiger partial charge in [0, 0.05) is 32.1 Å². The van der Waals surface area contributed by atoms with E-state index in [0.29, 0.717) is 18.6 Å². The van der Waals surface area contributed by atoms with Crippen LogP contribution in [-0.4, -0.2) is 23.9 Å². The van der Waals surface area contributed by atoms with Crippen molar-refractivity contribution in [3.05, 3.63) is 23.9 Å². The second-order valence-electron chi connectivity index (χ2n) is 3.72. The van der Waals surface area contributed by atoms with Crippen LogP contribution in [0.2, 0.25) is 0 Å². The van der Waals surface area contributed by atoms with E-state index in [9.17, 15) is 4.79 Å². The zero-order valence-corrected chi connectivity index (χ0v) is 10.4. The predicted octanol–water partition coefficient (Wildman–Crippen LogP) is 2.59. The molecule has 0 N–H and O–H groups in total. The summed E-state index contributed by atoms with van der Waals surface area (Å²) in [7, 11) is 0. The maximum Gasteiger partial charge on any atom is 0.136 e. The first-order chi connectivity index (χ1) is 7.75. The largest absolute Gasteiger partial charge is 0.356 e. The van der Waals surface area contributed by atoms with Crippen molar-refractivity contribution < 1.29 is 4.79 Å². The van der Waals surface area contributed by atoms with Gasteiger partial charge in [0.2, 0.25) is 0 Å². The van der Waals surface area contributed by atoms with E-state index in [4.69, 9.17) is 0 Å². The van der Waals surface area contributed by atoms with Gasteiger partial charge in [0.1, 0.15) is 11.6 Å². The molecule has 0 aliphatic carbocycles. The van der Waals surface area contributed by atoms with E-state index in [1.165, 1.54) is 5.56 Å². The zero-order valence-electron chi connectivity index (χ0n) is 10.4. The number of hydrogen-bond acceptors (Lipinski definition) is 3. The molecule has 0 radical (unpaired) electrons. The number of aromatic nitrogens is 1. The Kier molecular flexibility index (Phi) is 4.96. The third kappa shape index (κ3) is 3.33. The summed E-state index contributed by atoms with van der Waals surface area (Å²) >= 11 is 0. The van der Waals surface area contributed by atoms with Crippen LogP contribution >= 0.6 is 0 Å². The lowest BCUT2D eigenvalue weighted by Gasteiger charge is -2.26. The van der Waals surface area contributed by atoms with Crippen LogP contribution in [0.3, 0.4) is 0 Å². The van der Waals surface area contributed by atoms with Gasteiger partial charge in [-0.05, 0) is 18.6 Å². The molecule has 1 aliphatic heterocycles. The third-order valence-electron chi connectivity index (χ3n) is 2.54. The highest BCUT2D eigenvalue weighted by molar-refractivity contribution is 5.80. The van der Waals surface area contributed by atoms with Gasteiger partial charge < -0.3 is 4.90 Å². The van der Waals surface area contributed by atoms with E-state index in [2.05, 4.69) is 16.0 Å². The minimum atomic E-state index is 0.369. The molecule has 88 valence electrons. The number of carbonyl (C=O) groups is 1. The molecule has 0 atom stereocenters. The Morgan fingerprint density at radius 1 is 1.19 bits per heavy atom. The number of ketones is 1. The summed E-state index contributed by atoms with van der Waals surface area (Å²) in [6, 6.07) is 4.07. The van der Waals surface area contributed by atoms with Gasteiger partial charge in [-0.15, -0.1) is 0 Å². The van der Waals surface area contributed by atoms with Crippen molar-refractivity contribution in [1.29, 1.82) is 0 Å². The number of piperidine rings is 1. The molecular weight excluding hydrogens is 200 g/mol. The van der Waals surface area contributed by atoms with Gasteiger partial charge >= 0.3 is 0 Å². The van der Waals surface area contributed by atoms with Gasteiger partial charge in [-0.3, -0.25) is 4.79 Å². The van der Waals surface area contributed by atoms with E-state index in [1.807, 2.05) is 33.0 Å². The molecule has 1 aromatic heterocycles. The van der Waals surface area contributed by atoms with Crippen molar-refractivity contribution >= 4 is 11.6 Å². The SMILES string of the molecule is CC.Cc1ccc(N2CCC(=O)CC2)nc1. The molecule has 3 nitrogen and oxygen atoms in total. The van der Waals surface area contributed by atoms with Crippen LogP contribution in [0.25, 0.3) is 0 Å². The first-order valence-electron chi connectivity index (χ1n) is 5.95. The molecule has 1 fully saturated rings. The van der Waals surface area contributed by atoms with E-state index >= 15 is 0 Å². The first kappa shape index (κ1) is 12.7. The molecule has 3 heteroatoms. The molecule has 0 aromatic carbocycles. The fraction of sp³-hybridized carbons (Fsp3) is 0.538. The predicted molar refractivity (Wildman–Crippen MR) is 66.8 cm³/mol. The van der Waals surface area contributed by atoms with Crippen molar-refractivity contribution in [3.63, 3.8) is 0 Å². The summed E-state index contributed by atoms with van der Waals surface area (Å²) in [5.41, 5.74) is 1.17. The lowest BCUT2D eigenvalue weighted by atomic mass is 10.1. The normalized spacial score (nSPS) is 15.4. The van der Waals surface area contributed by atoms with Crippen LogP contribution in [0.5, 0.6) is 0 Å². The summed E-state index contributed by atoms with van der Waals surface area (Å²) in [6.07, 6.45) is 3.19. The lowest BCUT2D eigenvalue weighted by molar-refractivity contribution is -0.119. The Morgan fingerprint density at radius 3 is 2.31 bits per heavy atom. The highest BCUT2D eigenvalue weighted by Crippen LogP contribution is 2.15. The highest BCUT2D eigenvalue weighted by Gasteiger charge is 2.16. The Morgan fingerprint density at radius 2 is 1.81 bits per heavy atom. The van der Waals surface area contributed by atoms with Crippen molar-refractivity contribution in [3.8, 4) is 0 Å². The molecule has 16 heavy (non-hydrogen) atoms. The number of nitrogens with zero attached hydrogens (tertiary/aromatic N) is 2. The second kappa shape index (κ2) is 6.26. The number of carbonyl (C=O) groups excluding carboxylic acids is 1. The maximum atomic E-state index is 11.0. The number of aryl methyl sites for hydroxylation is 1. The average molecular weight is 220 g/mol. The van der Waals surface area contributed by atoms with Crippen molar-refractivity contribution in [1.82, 2.24) is 4.98 Å². The van der Waals surface area contributed by atoms with Gasteiger partial charge in [0.05, 0.1) is 0 Å². The van der Waals surface area contributed by atoms with E-state index < -0.39 is 0 Å². The van der Waals surface area contributed by atoms with Crippen LogP contribution in [0.1, 0.15) is 32.3 Å².